The minimum Gasteiger partial charge on any atom is -0.384 e. The van der Waals surface area contributed by atoms with Gasteiger partial charge in [-0.15, -0.1) is 0 Å². The third-order valence-electron chi connectivity index (χ3n) is 3.11. The predicted octanol–water partition coefficient (Wildman–Crippen LogP) is 2.81. The van der Waals surface area contributed by atoms with Gasteiger partial charge in [-0.25, -0.2) is 9.97 Å². The molecule has 2 N–H and O–H groups in total. The van der Waals surface area contributed by atoms with Crippen molar-refractivity contribution in [3.05, 3.63) is 17.6 Å². The van der Waals surface area contributed by atoms with Gasteiger partial charge >= 0.3 is 0 Å². The SMILES string of the molecule is Cc1cc(N)nc(C2CCCCCC2)n1. The summed E-state index contributed by atoms with van der Waals surface area (Å²) in [6.07, 6.45) is 7.78. The van der Waals surface area contributed by atoms with Crippen LogP contribution >= 0.6 is 0 Å². The van der Waals surface area contributed by atoms with Crippen LogP contribution < -0.4 is 5.73 Å². The zero-order valence-electron chi connectivity index (χ0n) is 9.37. The zero-order chi connectivity index (χ0) is 10.7. The molecule has 0 atom stereocenters. The number of nitrogen functional groups attached to an aromatic ring is 1. The summed E-state index contributed by atoms with van der Waals surface area (Å²) in [7, 11) is 0. The lowest BCUT2D eigenvalue weighted by Gasteiger charge is -2.13. The average Bonchev–Trinajstić information content (AvgIpc) is 2.43. The fourth-order valence-electron chi connectivity index (χ4n) is 2.34. The van der Waals surface area contributed by atoms with E-state index in [1.54, 1.807) is 0 Å². The van der Waals surface area contributed by atoms with E-state index in [0.29, 0.717) is 11.7 Å². The summed E-state index contributed by atoms with van der Waals surface area (Å²) in [6.45, 7) is 1.98. The first kappa shape index (κ1) is 10.4. The van der Waals surface area contributed by atoms with Crippen LogP contribution in [-0.4, -0.2) is 9.97 Å². The fourth-order valence-corrected chi connectivity index (χ4v) is 2.34. The molecule has 1 aliphatic rings. The van der Waals surface area contributed by atoms with Gasteiger partial charge in [-0.3, -0.25) is 0 Å². The van der Waals surface area contributed by atoms with E-state index >= 15 is 0 Å². The van der Waals surface area contributed by atoms with Gasteiger partial charge in [-0.1, -0.05) is 25.7 Å². The third-order valence-corrected chi connectivity index (χ3v) is 3.11. The molecule has 1 aromatic rings. The monoisotopic (exact) mass is 205 g/mol. The van der Waals surface area contributed by atoms with Crippen molar-refractivity contribution >= 4 is 5.82 Å². The molecule has 0 bridgehead atoms. The summed E-state index contributed by atoms with van der Waals surface area (Å²) < 4.78 is 0. The molecule has 1 aromatic heterocycles. The van der Waals surface area contributed by atoms with Crippen LogP contribution in [0.25, 0.3) is 0 Å². The molecular weight excluding hydrogens is 186 g/mol. The van der Waals surface area contributed by atoms with E-state index in [0.717, 1.165) is 11.5 Å². The first-order valence-corrected chi connectivity index (χ1v) is 5.87. The Kier molecular flexibility index (Phi) is 3.19. The summed E-state index contributed by atoms with van der Waals surface area (Å²) >= 11 is 0. The highest BCUT2D eigenvalue weighted by atomic mass is 14.9. The zero-order valence-corrected chi connectivity index (χ0v) is 9.37. The normalized spacial score (nSPS) is 18.7. The van der Waals surface area contributed by atoms with Gasteiger partial charge in [0, 0.05) is 17.7 Å². The molecule has 1 heterocycles. The molecular formula is C12H19N3. The predicted molar refractivity (Wildman–Crippen MR) is 61.6 cm³/mol. The first-order valence-electron chi connectivity index (χ1n) is 5.87. The van der Waals surface area contributed by atoms with Crippen molar-refractivity contribution in [3.63, 3.8) is 0 Å². The Hall–Kier alpha value is -1.12. The maximum absolute atomic E-state index is 5.75. The van der Waals surface area contributed by atoms with Crippen LogP contribution in [0.3, 0.4) is 0 Å². The smallest absolute Gasteiger partial charge is 0.134 e. The second kappa shape index (κ2) is 4.60. The molecule has 0 aliphatic heterocycles. The number of anilines is 1. The third kappa shape index (κ3) is 2.67. The van der Waals surface area contributed by atoms with E-state index in [1.807, 2.05) is 13.0 Å². The second-order valence-corrected chi connectivity index (χ2v) is 4.48. The topological polar surface area (TPSA) is 51.8 Å². The molecule has 1 saturated carbocycles. The van der Waals surface area contributed by atoms with Gasteiger partial charge in [-0.2, -0.15) is 0 Å². The van der Waals surface area contributed by atoms with Gasteiger partial charge in [0.15, 0.2) is 0 Å². The van der Waals surface area contributed by atoms with Crippen molar-refractivity contribution < 1.29 is 0 Å². The van der Waals surface area contributed by atoms with Crippen molar-refractivity contribution in [3.8, 4) is 0 Å². The van der Waals surface area contributed by atoms with Crippen LogP contribution in [0, 0.1) is 6.92 Å². The van der Waals surface area contributed by atoms with E-state index in [2.05, 4.69) is 9.97 Å². The molecule has 3 heteroatoms. The molecule has 0 unspecified atom stereocenters. The molecule has 0 radical (unpaired) electrons. The molecule has 0 saturated heterocycles. The minimum absolute atomic E-state index is 0.537. The van der Waals surface area contributed by atoms with Gasteiger partial charge in [0.25, 0.3) is 0 Å². The van der Waals surface area contributed by atoms with Crippen LogP contribution in [0.2, 0.25) is 0 Å². The quantitative estimate of drug-likeness (QED) is 0.717. The molecule has 0 spiro atoms. The van der Waals surface area contributed by atoms with Gasteiger partial charge in [0.05, 0.1) is 0 Å². The Bertz CT molecular complexity index is 307. The van der Waals surface area contributed by atoms with Crippen molar-refractivity contribution in [2.45, 2.75) is 51.4 Å². The Labute approximate surface area is 91.1 Å². The molecule has 0 amide bonds. The summed E-state index contributed by atoms with van der Waals surface area (Å²) in [5.74, 6) is 2.12. The molecule has 3 nitrogen and oxygen atoms in total. The maximum atomic E-state index is 5.75. The van der Waals surface area contributed by atoms with E-state index in [-0.39, 0.29) is 0 Å². The molecule has 0 aromatic carbocycles. The standard InChI is InChI=1S/C12H19N3/c1-9-8-11(13)15-12(14-9)10-6-4-2-3-5-7-10/h8,10H,2-7H2,1H3,(H2,13,14,15). The minimum atomic E-state index is 0.537. The van der Waals surface area contributed by atoms with E-state index in [9.17, 15) is 0 Å². The van der Waals surface area contributed by atoms with Crippen LogP contribution in [0.1, 0.15) is 56.0 Å². The van der Waals surface area contributed by atoms with Gasteiger partial charge < -0.3 is 5.73 Å². The van der Waals surface area contributed by atoms with Crippen LogP contribution in [0.5, 0.6) is 0 Å². The molecule has 1 fully saturated rings. The number of hydrogen-bond acceptors (Lipinski definition) is 3. The van der Waals surface area contributed by atoms with E-state index in [4.69, 9.17) is 5.73 Å². The highest BCUT2D eigenvalue weighted by Crippen LogP contribution is 2.29. The number of nitrogens with two attached hydrogens (primary N) is 1. The maximum Gasteiger partial charge on any atom is 0.134 e. The lowest BCUT2D eigenvalue weighted by atomic mass is 9.99. The molecule has 2 rings (SSSR count). The lowest BCUT2D eigenvalue weighted by molar-refractivity contribution is 0.559. The van der Waals surface area contributed by atoms with Gasteiger partial charge in [0.1, 0.15) is 11.6 Å². The largest absolute Gasteiger partial charge is 0.384 e. The number of rotatable bonds is 1. The Morgan fingerprint density at radius 2 is 1.80 bits per heavy atom. The van der Waals surface area contributed by atoms with Crippen molar-refractivity contribution in [1.82, 2.24) is 9.97 Å². The van der Waals surface area contributed by atoms with Gasteiger partial charge in [0.2, 0.25) is 0 Å². The van der Waals surface area contributed by atoms with Crippen molar-refractivity contribution in [1.29, 1.82) is 0 Å². The summed E-state index contributed by atoms with van der Waals surface area (Å²) in [4.78, 5) is 8.87. The van der Waals surface area contributed by atoms with Crippen molar-refractivity contribution in [2.75, 3.05) is 5.73 Å². The first-order chi connectivity index (χ1) is 7.25. The molecule has 1 aliphatic carbocycles. The van der Waals surface area contributed by atoms with Crippen LogP contribution in [-0.2, 0) is 0 Å². The molecule has 15 heavy (non-hydrogen) atoms. The summed E-state index contributed by atoms with van der Waals surface area (Å²) in [5.41, 5.74) is 6.74. The van der Waals surface area contributed by atoms with Gasteiger partial charge in [-0.05, 0) is 19.8 Å². The van der Waals surface area contributed by atoms with E-state index < -0.39 is 0 Å². The number of aromatic nitrogens is 2. The highest BCUT2D eigenvalue weighted by molar-refractivity contribution is 5.29. The number of nitrogens with zero attached hydrogens (tertiary/aromatic N) is 2. The highest BCUT2D eigenvalue weighted by Gasteiger charge is 2.17. The Morgan fingerprint density at radius 1 is 1.13 bits per heavy atom. The Balaban J connectivity index is 2.19. The average molecular weight is 205 g/mol. The Morgan fingerprint density at radius 3 is 2.40 bits per heavy atom. The van der Waals surface area contributed by atoms with Crippen LogP contribution in [0.4, 0.5) is 5.82 Å². The lowest BCUT2D eigenvalue weighted by Crippen LogP contribution is -2.07. The second-order valence-electron chi connectivity index (χ2n) is 4.48. The number of aryl methyl sites for hydroxylation is 1. The van der Waals surface area contributed by atoms with Crippen molar-refractivity contribution in [2.24, 2.45) is 0 Å². The van der Waals surface area contributed by atoms with E-state index in [1.165, 1.54) is 38.5 Å². The summed E-state index contributed by atoms with van der Waals surface area (Å²) in [5, 5.41) is 0. The number of hydrogen-bond donors (Lipinski definition) is 1. The fraction of sp³-hybridized carbons (Fsp3) is 0.667. The summed E-state index contributed by atoms with van der Waals surface area (Å²) in [6, 6.07) is 1.83. The molecule has 82 valence electrons. The van der Waals surface area contributed by atoms with Crippen LogP contribution in [0.15, 0.2) is 6.07 Å².